The van der Waals surface area contributed by atoms with Crippen LogP contribution in [0.5, 0.6) is 0 Å². The number of pyridine rings is 1. The van der Waals surface area contributed by atoms with Crippen LogP contribution in [-0.4, -0.2) is 31.3 Å². The van der Waals surface area contributed by atoms with Gasteiger partial charge in [0.25, 0.3) is 5.91 Å². The second kappa shape index (κ2) is 9.68. The molecule has 178 valence electrons. The number of anilines is 1. The van der Waals surface area contributed by atoms with Gasteiger partial charge in [0.2, 0.25) is 10.0 Å². The maximum absolute atomic E-state index is 13.2. The van der Waals surface area contributed by atoms with E-state index in [9.17, 15) is 13.2 Å². The van der Waals surface area contributed by atoms with E-state index < -0.39 is 10.0 Å². The molecule has 8 heteroatoms. The first kappa shape index (κ1) is 24.1. The monoisotopic (exact) mass is 486 g/mol. The Labute approximate surface area is 205 Å². The summed E-state index contributed by atoms with van der Waals surface area (Å²) in [6.07, 6.45) is 1.09. The third-order valence-corrected chi connectivity index (χ3v) is 6.16. The van der Waals surface area contributed by atoms with Crippen molar-refractivity contribution in [1.29, 1.82) is 0 Å². The van der Waals surface area contributed by atoms with Gasteiger partial charge in [-0.2, -0.15) is 5.10 Å². The van der Waals surface area contributed by atoms with Gasteiger partial charge in [-0.05, 0) is 56.2 Å². The summed E-state index contributed by atoms with van der Waals surface area (Å²) in [5.74, 6) is -0.343. The molecule has 4 rings (SSSR count). The number of nitrogens with zero attached hydrogens (tertiary/aromatic N) is 2. The van der Waals surface area contributed by atoms with E-state index in [1.165, 1.54) is 0 Å². The summed E-state index contributed by atoms with van der Waals surface area (Å²) in [6, 6.07) is 22.2. The lowest BCUT2D eigenvalue weighted by atomic mass is 9.99. The molecule has 0 bridgehead atoms. The number of hydrogen-bond acceptors (Lipinski definition) is 5. The summed E-state index contributed by atoms with van der Waals surface area (Å²) in [5.41, 5.74) is 9.59. The number of para-hydroxylation sites is 1. The zero-order valence-electron chi connectivity index (χ0n) is 20.0. The largest absolute Gasteiger partial charge is 0.284 e. The minimum absolute atomic E-state index is 0.343. The molecule has 1 amide bonds. The van der Waals surface area contributed by atoms with Gasteiger partial charge >= 0.3 is 0 Å². The van der Waals surface area contributed by atoms with E-state index >= 15 is 0 Å². The Balaban J connectivity index is 1.63. The van der Waals surface area contributed by atoms with Crippen LogP contribution in [-0.2, 0) is 10.0 Å². The van der Waals surface area contributed by atoms with Crippen molar-refractivity contribution in [3.63, 3.8) is 0 Å². The molecule has 7 nitrogen and oxygen atoms in total. The van der Waals surface area contributed by atoms with Crippen molar-refractivity contribution >= 4 is 38.2 Å². The number of aryl methyl sites for hydroxylation is 2. The normalized spacial score (nSPS) is 11.9. The molecule has 2 N–H and O–H groups in total. The molecule has 4 aromatic rings. The maximum atomic E-state index is 13.2. The van der Waals surface area contributed by atoms with Crippen LogP contribution in [0.15, 0.2) is 77.9 Å². The lowest BCUT2D eigenvalue weighted by Crippen LogP contribution is -2.20. The second-order valence-corrected chi connectivity index (χ2v) is 10.2. The summed E-state index contributed by atoms with van der Waals surface area (Å²) in [7, 11) is -3.35. The van der Waals surface area contributed by atoms with E-state index in [-0.39, 0.29) is 5.91 Å². The number of benzene rings is 3. The fourth-order valence-electron chi connectivity index (χ4n) is 3.86. The number of fused-ring (bicyclic) bond motifs is 1. The fourth-order valence-corrected chi connectivity index (χ4v) is 4.42. The standard InChI is InChI=1S/C27H26N4O3S/c1-17-9-14-22(18(2)15-17)26-16-24(23-7-5-6-8-25(23)28-26)27(32)30-29-19(3)20-10-12-21(13-11-20)31-35(4,33)34/h5-16,31H,1-4H3,(H,30,32)/b29-19-. The number of carbonyl (C=O) groups is 1. The average Bonchev–Trinajstić information content (AvgIpc) is 2.81. The molecular formula is C27H26N4O3S. The number of rotatable bonds is 6. The Morgan fingerprint density at radius 3 is 2.34 bits per heavy atom. The van der Waals surface area contributed by atoms with E-state index in [1.807, 2.05) is 50.2 Å². The highest BCUT2D eigenvalue weighted by Gasteiger charge is 2.15. The summed E-state index contributed by atoms with van der Waals surface area (Å²) in [4.78, 5) is 18.0. The van der Waals surface area contributed by atoms with Crippen molar-refractivity contribution in [2.75, 3.05) is 11.0 Å². The minimum Gasteiger partial charge on any atom is -0.284 e. The third-order valence-electron chi connectivity index (χ3n) is 5.55. The summed E-state index contributed by atoms with van der Waals surface area (Å²) in [5, 5.41) is 5.01. The SMILES string of the molecule is C/C(=N/NC(=O)c1cc(-c2ccc(C)cc2C)nc2ccccc12)c1ccc(NS(C)(=O)=O)cc1. The number of aromatic nitrogens is 1. The molecule has 0 saturated carbocycles. The lowest BCUT2D eigenvalue weighted by Gasteiger charge is -2.11. The molecular weight excluding hydrogens is 460 g/mol. The summed E-state index contributed by atoms with van der Waals surface area (Å²) >= 11 is 0. The lowest BCUT2D eigenvalue weighted by molar-refractivity contribution is 0.0956. The Morgan fingerprint density at radius 1 is 0.943 bits per heavy atom. The molecule has 35 heavy (non-hydrogen) atoms. The van der Waals surface area contributed by atoms with Gasteiger partial charge in [-0.15, -0.1) is 0 Å². The molecule has 0 radical (unpaired) electrons. The van der Waals surface area contributed by atoms with Gasteiger partial charge < -0.3 is 0 Å². The molecule has 1 heterocycles. The number of nitrogens with one attached hydrogen (secondary N) is 2. The van der Waals surface area contributed by atoms with Gasteiger partial charge in [-0.3, -0.25) is 9.52 Å². The van der Waals surface area contributed by atoms with Crippen LogP contribution in [0.3, 0.4) is 0 Å². The maximum Gasteiger partial charge on any atom is 0.272 e. The Kier molecular flexibility index (Phi) is 6.66. The van der Waals surface area contributed by atoms with E-state index in [0.29, 0.717) is 17.0 Å². The van der Waals surface area contributed by atoms with Crippen molar-refractivity contribution in [2.24, 2.45) is 5.10 Å². The Morgan fingerprint density at radius 2 is 1.66 bits per heavy atom. The zero-order chi connectivity index (χ0) is 25.2. The van der Waals surface area contributed by atoms with Gasteiger partial charge in [0, 0.05) is 16.6 Å². The predicted molar refractivity (Wildman–Crippen MR) is 141 cm³/mol. The Bertz CT molecular complexity index is 1560. The molecule has 0 unspecified atom stereocenters. The van der Waals surface area contributed by atoms with E-state index in [0.717, 1.165) is 45.1 Å². The third kappa shape index (κ3) is 5.73. The number of sulfonamides is 1. The van der Waals surface area contributed by atoms with E-state index in [4.69, 9.17) is 4.98 Å². The number of hydrogen-bond donors (Lipinski definition) is 2. The highest BCUT2D eigenvalue weighted by molar-refractivity contribution is 7.92. The second-order valence-electron chi connectivity index (χ2n) is 8.48. The molecule has 0 spiro atoms. The summed E-state index contributed by atoms with van der Waals surface area (Å²) < 4.78 is 25.2. The number of hydrazone groups is 1. The van der Waals surface area contributed by atoms with E-state index in [1.54, 1.807) is 37.3 Å². The molecule has 0 aliphatic rings. The smallest absolute Gasteiger partial charge is 0.272 e. The van der Waals surface area contributed by atoms with Crippen molar-refractivity contribution in [1.82, 2.24) is 10.4 Å². The highest BCUT2D eigenvalue weighted by Crippen LogP contribution is 2.27. The quantitative estimate of drug-likeness (QED) is 0.294. The summed E-state index contributed by atoms with van der Waals surface area (Å²) in [6.45, 7) is 5.84. The first-order valence-electron chi connectivity index (χ1n) is 11.0. The fraction of sp³-hybridized carbons (Fsp3) is 0.148. The average molecular weight is 487 g/mol. The molecule has 0 fully saturated rings. The van der Waals surface area contributed by atoms with Gasteiger partial charge in [0.15, 0.2) is 0 Å². The van der Waals surface area contributed by atoms with Crippen molar-refractivity contribution in [3.05, 3.63) is 95.1 Å². The first-order valence-corrected chi connectivity index (χ1v) is 12.9. The molecule has 1 aromatic heterocycles. The highest BCUT2D eigenvalue weighted by atomic mass is 32.2. The van der Waals surface area contributed by atoms with Gasteiger partial charge in [0.05, 0.1) is 28.7 Å². The number of amides is 1. The molecule has 0 saturated heterocycles. The molecule has 0 aliphatic heterocycles. The Hall–Kier alpha value is -4.04. The topological polar surface area (TPSA) is 101 Å². The van der Waals surface area contributed by atoms with Crippen LogP contribution < -0.4 is 10.1 Å². The van der Waals surface area contributed by atoms with Crippen LogP contribution in [0.2, 0.25) is 0 Å². The molecule has 3 aromatic carbocycles. The van der Waals surface area contributed by atoms with Crippen molar-refractivity contribution in [2.45, 2.75) is 20.8 Å². The van der Waals surface area contributed by atoms with Crippen LogP contribution in [0.25, 0.3) is 22.2 Å². The van der Waals surface area contributed by atoms with Gasteiger partial charge in [0.1, 0.15) is 0 Å². The minimum atomic E-state index is -3.35. The van der Waals surface area contributed by atoms with Crippen LogP contribution >= 0.6 is 0 Å². The van der Waals surface area contributed by atoms with Crippen LogP contribution in [0.1, 0.15) is 34.0 Å². The van der Waals surface area contributed by atoms with Crippen molar-refractivity contribution < 1.29 is 13.2 Å². The van der Waals surface area contributed by atoms with Crippen molar-refractivity contribution in [3.8, 4) is 11.3 Å². The van der Waals surface area contributed by atoms with Gasteiger partial charge in [-0.1, -0.05) is 54.1 Å². The first-order chi connectivity index (χ1) is 16.6. The zero-order valence-corrected chi connectivity index (χ0v) is 20.8. The molecule has 0 atom stereocenters. The van der Waals surface area contributed by atoms with Crippen LogP contribution in [0, 0.1) is 13.8 Å². The predicted octanol–water partition coefficient (Wildman–Crippen LogP) is 5.04. The van der Waals surface area contributed by atoms with Gasteiger partial charge in [-0.25, -0.2) is 18.8 Å². The molecule has 0 aliphatic carbocycles. The van der Waals surface area contributed by atoms with E-state index in [2.05, 4.69) is 21.3 Å². The van der Waals surface area contributed by atoms with Crippen LogP contribution in [0.4, 0.5) is 5.69 Å². The number of carbonyl (C=O) groups excluding carboxylic acids is 1.